The van der Waals surface area contributed by atoms with E-state index < -0.39 is 5.79 Å². The van der Waals surface area contributed by atoms with Crippen LogP contribution in [0.25, 0.3) is 0 Å². The summed E-state index contributed by atoms with van der Waals surface area (Å²) < 4.78 is 0. The van der Waals surface area contributed by atoms with E-state index in [1.165, 1.54) is 0 Å². The number of amidine groups is 1. The molecule has 6 heteroatoms. The van der Waals surface area contributed by atoms with Gasteiger partial charge in [-0.3, -0.25) is 5.73 Å². The summed E-state index contributed by atoms with van der Waals surface area (Å²) in [6, 6.07) is 0.136. The molecule has 0 spiro atoms. The zero-order valence-electron chi connectivity index (χ0n) is 8.66. The largest absolute Gasteiger partial charge is 0.369 e. The number of nitrogens with zero attached hydrogens (tertiary/aromatic N) is 3. The average molecular weight is 218 g/mol. The zero-order chi connectivity index (χ0) is 10.9. The molecule has 5 nitrogen and oxygen atoms in total. The Morgan fingerprint density at radius 3 is 2.57 bits per heavy atom. The fraction of sp³-hybridized carbons (Fsp3) is 0.750. The average Bonchev–Trinajstić information content (AvgIpc) is 2.01. The number of rotatable bonds is 2. The Balaban J connectivity index is 3.10. The Morgan fingerprint density at radius 1 is 1.57 bits per heavy atom. The normalized spacial score (nSPS) is 27.7. The molecule has 1 aliphatic rings. The van der Waals surface area contributed by atoms with Crippen molar-refractivity contribution in [2.24, 2.45) is 21.5 Å². The summed E-state index contributed by atoms with van der Waals surface area (Å²) in [5, 5.41) is 0.115. The van der Waals surface area contributed by atoms with E-state index in [9.17, 15) is 0 Å². The number of guanidine groups is 1. The van der Waals surface area contributed by atoms with Gasteiger partial charge in [-0.1, -0.05) is 6.92 Å². The van der Waals surface area contributed by atoms with Crippen LogP contribution in [0.4, 0.5) is 0 Å². The third-order valence-electron chi connectivity index (χ3n) is 2.19. The van der Waals surface area contributed by atoms with Gasteiger partial charge in [-0.15, -0.1) is 0 Å². The van der Waals surface area contributed by atoms with Crippen molar-refractivity contribution in [1.82, 2.24) is 4.90 Å². The van der Waals surface area contributed by atoms with Gasteiger partial charge in [0.25, 0.3) is 0 Å². The van der Waals surface area contributed by atoms with Crippen molar-refractivity contribution in [3.63, 3.8) is 0 Å². The highest BCUT2D eigenvalue weighted by atomic mass is 35.5. The first-order valence-corrected chi connectivity index (χ1v) is 4.96. The van der Waals surface area contributed by atoms with Gasteiger partial charge in [0.15, 0.2) is 5.79 Å². The van der Waals surface area contributed by atoms with Crippen molar-refractivity contribution in [3.05, 3.63) is 0 Å². The zero-order valence-corrected chi connectivity index (χ0v) is 9.41. The van der Waals surface area contributed by atoms with Crippen LogP contribution in [-0.4, -0.2) is 28.0 Å². The summed E-state index contributed by atoms with van der Waals surface area (Å²) in [4.78, 5) is 9.75. The van der Waals surface area contributed by atoms with Crippen LogP contribution in [0.3, 0.4) is 0 Å². The van der Waals surface area contributed by atoms with Gasteiger partial charge in [0.2, 0.25) is 11.3 Å². The Kier molecular flexibility index (Phi) is 3.01. The SMILES string of the molecule is CCC1(N)N=C(Cl)N=C(N)N1C(C)C. The Bertz CT molecular complexity index is 285. The van der Waals surface area contributed by atoms with Crippen LogP contribution in [0.15, 0.2) is 9.98 Å². The molecule has 0 amide bonds. The van der Waals surface area contributed by atoms with Gasteiger partial charge >= 0.3 is 0 Å². The van der Waals surface area contributed by atoms with Crippen molar-refractivity contribution in [1.29, 1.82) is 0 Å². The Hall–Kier alpha value is -0.810. The minimum Gasteiger partial charge on any atom is -0.369 e. The summed E-state index contributed by atoms with van der Waals surface area (Å²) in [5.41, 5.74) is 11.8. The standard InChI is InChI=1S/C8H16ClN5/c1-4-8(11)13-6(9)12-7(10)14(8)5(2)3/h5H,4,11H2,1-3H3,(H2,10,12,13). The first-order valence-electron chi connectivity index (χ1n) is 4.58. The minimum atomic E-state index is -0.864. The molecule has 0 aromatic rings. The Morgan fingerprint density at radius 2 is 2.14 bits per heavy atom. The maximum atomic E-state index is 6.08. The van der Waals surface area contributed by atoms with E-state index in [4.69, 9.17) is 23.1 Å². The summed E-state index contributed by atoms with van der Waals surface area (Å²) in [5.74, 6) is -0.541. The van der Waals surface area contributed by atoms with Crippen LogP contribution in [0, 0.1) is 0 Å². The second-order valence-corrected chi connectivity index (χ2v) is 3.88. The van der Waals surface area contributed by atoms with Crippen LogP contribution < -0.4 is 11.5 Å². The maximum Gasteiger partial charge on any atom is 0.224 e. The van der Waals surface area contributed by atoms with Gasteiger partial charge in [-0.05, 0) is 25.4 Å². The van der Waals surface area contributed by atoms with Crippen LogP contribution in [-0.2, 0) is 0 Å². The molecule has 0 radical (unpaired) electrons. The van der Waals surface area contributed by atoms with Gasteiger partial charge in [0.05, 0.1) is 0 Å². The van der Waals surface area contributed by atoms with Gasteiger partial charge in [0, 0.05) is 12.5 Å². The van der Waals surface area contributed by atoms with E-state index in [0.29, 0.717) is 12.4 Å². The third-order valence-corrected chi connectivity index (χ3v) is 2.36. The molecule has 1 unspecified atom stereocenters. The summed E-state index contributed by atoms with van der Waals surface area (Å²) in [6.07, 6.45) is 0.623. The number of hydrogen-bond acceptors (Lipinski definition) is 5. The predicted octanol–water partition coefficient (Wildman–Crippen LogP) is 0.642. The lowest BCUT2D eigenvalue weighted by molar-refractivity contribution is 0.142. The predicted molar refractivity (Wildman–Crippen MR) is 59.1 cm³/mol. The molecule has 1 aliphatic heterocycles. The van der Waals surface area contributed by atoms with Crippen molar-refractivity contribution < 1.29 is 0 Å². The van der Waals surface area contributed by atoms with Crippen molar-refractivity contribution in [2.75, 3.05) is 0 Å². The quantitative estimate of drug-likeness (QED) is 0.667. The molecular formula is C8H16ClN5. The summed E-state index contributed by atoms with van der Waals surface area (Å²) in [7, 11) is 0. The number of aliphatic imine (C=N–C) groups is 2. The van der Waals surface area contributed by atoms with E-state index in [1.54, 1.807) is 4.90 Å². The second-order valence-electron chi connectivity index (χ2n) is 3.55. The second kappa shape index (κ2) is 3.74. The first-order chi connectivity index (χ1) is 6.40. The van der Waals surface area contributed by atoms with Crippen LogP contribution >= 0.6 is 11.6 Å². The van der Waals surface area contributed by atoms with Crippen molar-refractivity contribution in [3.8, 4) is 0 Å². The monoisotopic (exact) mass is 217 g/mol. The molecule has 4 N–H and O–H groups in total. The molecule has 0 aliphatic carbocycles. The van der Waals surface area contributed by atoms with E-state index in [2.05, 4.69) is 9.98 Å². The highest BCUT2D eigenvalue weighted by molar-refractivity contribution is 6.65. The van der Waals surface area contributed by atoms with E-state index in [0.717, 1.165) is 0 Å². The van der Waals surface area contributed by atoms with Gasteiger partial charge in [0.1, 0.15) is 0 Å². The maximum absolute atomic E-state index is 6.08. The lowest BCUT2D eigenvalue weighted by atomic mass is 10.2. The first kappa shape index (κ1) is 11.3. The smallest absolute Gasteiger partial charge is 0.224 e. The van der Waals surface area contributed by atoms with E-state index in [1.807, 2.05) is 20.8 Å². The number of halogens is 1. The van der Waals surface area contributed by atoms with Crippen molar-refractivity contribution >= 4 is 22.9 Å². The van der Waals surface area contributed by atoms with Crippen LogP contribution in [0.1, 0.15) is 27.2 Å². The molecule has 14 heavy (non-hydrogen) atoms. The number of hydrogen-bond donors (Lipinski definition) is 2. The summed E-state index contributed by atoms with van der Waals surface area (Å²) >= 11 is 5.72. The van der Waals surface area contributed by atoms with Crippen molar-refractivity contribution in [2.45, 2.75) is 39.0 Å². The molecule has 0 saturated heterocycles. The lowest BCUT2D eigenvalue weighted by Gasteiger charge is -2.42. The van der Waals surface area contributed by atoms with Gasteiger partial charge in [-0.2, -0.15) is 4.99 Å². The highest BCUT2D eigenvalue weighted by Crippen LogP contribution is 2.22. The van der Waals surface area contributed by atoms with E-state index >= 15 is 0 Å². The molecule has 0 aromatic heterocycles. The molecule has 0 aromatic carbocycles. The fourth-order valence-electron chi connectivity index (χ4n) is 1.55. The topological polar surface area (TPSA) is 80.0 Å². The minimum absolute atomic E-state index is 0.115. The highest BCUT2D eigenvalue weighted by Gasteiger charge is 2.37. The fourth-order valence-corrected chi connectivity index (χ4v) is 1.78. The Labute approximate surface area is 88.8 Å². The van der Waals surface area contributed by atoms with Crippen LogP contribution in [0.2, 0.25) is 0 Å². The number of nitrogens with two attached hydrogens (primary N) is 2. The molecule has 0 fully saturated rings. The summed E-state index contributed by atoms with van der Waals surface area (Å²) in [6.45, 7) is 5.89. The lowest BCUT2D eigenvalue weighted by Crippen LogP contribution is -2.63. The molecule has 1 heterocycles. The third kappa shape index (κ3) is 1.83. The molecule has 1 rings (SSSR count). The molecule has 0 bridgehead atoms. The molecular weight excluding hydrogens is 202 g/mol. The van der Waals surface area contributed by atoms with Gasteiger partial charge in [-0.25, -0.2) is 4.99 Å². The molecule has 1 atom stereocenters. The van der Waals surface area contributed by atoms with Gasteiger partial charge < -0.3 is 10.6 Å². The van der Waals surface area contributed by atoms with E-state index in [-0.39, 0.29) is 11.3 Å². The molecule has 0 saturated carbocycles. The van der Waals surface area contributed by atoms with Crippen LogP contribution in [0.5, 0.6) is 0 Å². The molecule has 80 valence electrons.